The summed E-state index contributed by atoms with van der Waals surface area (Å²) in [5.41, 5.74) is -6.10. The topological polar surface area (TPSA) is 18.5 Å². The van der Waals surface area contributed by atoms with Crippen LogP contribution in [0.4, 0.5) is 48.3 Å². The maximum atomic E-state index is 14.8. The Morgan fingerprint density at radius 1 is 0.692 bits per heavy atom. The minimum atomic E-state index is -5.51. The van der Waals surface area contributed by atoms with Crippen molar-refractivity contribution in [2.45, 2.75) is 38.2 Å². The van der Waals surface area contributed by atoms with Crippen LogP contribution in [0.1, 0.15) is 42.6 Å². The Balaban J connectivity index is 1.66. The number of rotatable bonds is 5. The monoisotopic (exact) mass is 570 g/mol. The van der Waals surface area contributed by atoms with Crippen LogP contribution >= 0.6 is 0 Å². The predicted octanol–water partition coefficient (Wildman–Crippen LogP) is 8.82. The minimum Gasteiger partial charge on any atom is -0.429 e. The third-order valence-electron chi connectivity index (χ3n) is 6.11. The summed E-state index contributed by atoms with van der Waals surface area (Å²) in [5, 5.41) is 0. The molecule has 2 atom stereocenters. The van der Waals surface area contributed by atoms with Crippen molar-refractivity contribution in [3.8, 4) is 16.9 Å². The Hall–Kier alpha value is -3.35. The van der Waals surface area contributed by atoms with Crippen LogP contribution in [0, 0.1) is 40.8 Å². The zero-order chi connectivity index (χ0) is 28.9. The molecule has 0 aromatic heterocycles. The van der Waals surface area contributed by atoms with Gasteiger partial charge < -0.3 is 9.47 Å². The molecule has 1 heterocycles. The molecule has 1 saturated heterocycles. The predicted molar refractivity (Wildman–Crippen MR) is 115 cm³/mol. The lowest BCUT2D eigenvalue weighted by Crippen LogP contribution is -2.25. The molecule has 3 aromatic carbocycles. The highest BCUT2D eigenvalue weighted by Crippen LogP contribution is 2.41. The Bertz CT molecular complexity index is 1320. The molecule has 1 fully saturated rings. The zero-order valence-corrected chi connectivity index (χ0v) is 19.7. The van der Waals surface area contributed by atoms with Gasteiger partial charge in [-0.2, -0.15) is 22.0 Å². The quantitative estimate of drug-likeness (QED) is 0.286. The van der Waals surface area contributed by atoms with Crippen LogP contribution in [-0.2, 0) is 17.0 Å². The molecule has 3 aromatic rings. The highest BCUT2D eigenvalue weighted by Gasteiger charge is 2.43. The van der Waals surface area contributed by atoms with Gasteiger partial charge in [0, 0.05) is 18.7 Å². The van der Waals surface area contributed by atoms with E-state index in [0.29, 0.717) is 13.0 Å². The molecule has 4 rings (SSSR count). The summed E-state index contributed by atoms with van der Waals surface area (Å²) in [7, 11) is 0. The van der Waals surface area contributed by atoms with Crippen LogP contribution in [0.2, 0.25) is 0 Å². The molecule has 0 bridgehead atoms. The Morgan fingerprint density at radius 3 is 1.67 bits per heavy atom. The van der Waals surface area contributed by atoms with Gasteiger partial charge in [-0.05, 0) is 54.2 Å². The molecular formula is C26H17F11O2. The van der Waals surface area contributed by atoms with E-state index in [1.807, 2.05) is 6.92 Å². The van der Waals surface area contributed by atoms with Gasteiger partial charge in [-0.3, -0.25) is 0 Å². The third kappa shape index (κ3) is 5.82. The maximum Gasteiger partial charge on any atom is 0.432 e. The first-order chi connectivity index (χ1) is 18.1. The molecule has 0 spiro atoms. The van der Waals surface area contributed by atoms with Crippen molar-refractivity contribution in [2.75, 3.05) is 6.61 Å². The van der Waals surface area contributed by atoms with E-state index in [-0.39, 0.29) is 35.7 Å². The van der Waals surface area contributed by atoms with Crippen LogP contribution in [-0.4, -0.2) is 6.61 Å². The molecule has 13 heteroatoms. The minimum absolute atomic E-state index is 0.133. The summed E-state index contributed by atoms with van der Waals surface area (Å²) in [6.45, 7) is 2.29. The molecule has 210 valence electrons. The fraction of sp³-hybridized carbons (Fsp3) is 0.308. The maximum absolute atomic E-state index is 14.8. The number of ether oxygens (including phenoxy) is 2. The molecule has 2 nitrogen and oxygen atoms in total. The average Bonchev–Trinajstić information content (AvgIpc) is 2.76. The summed E-state index contributed by atoms with van der Waals surface area (Å²) in [6.07, 6.45) is -9.93. The smallest absolute Gasteiger partial charge is 0.429 e. The number of alkyl halides is 5. The summed E-state index contributed by atoms with van der Waals surface area (Å²) >= 11 is 0. The molecule has 1 aliphatic rings. The van der Waals surface area contributed by atoms with Crippen LogP contribution in [0.15, 0.2) is 36.4 Å². The van der Waals surface area contributed by atoms with Crippen LogP contribution in [0.3, 0.4) is 0 Å². The van der Waals surface area contributed by atoms with E-state index < -0.39 is 81.3 Å². The van der Waals surface area contributed by atoms with E-state index in [4.69, 9.17) is 4.74 Å². The van der Waals surface area contributed by atoms with Crippen molar-refractivity contribution in [2.24, 2.45) is 5.92 Å². The van der Waals surface area contributed by atoms with Gasteiger partial charge in [0.25, 0.3) is 0 Å². The highest BCUT2D eigenvalue weighted by molar-refractivity contribution is 5.66. The lowest BCUT2D eigenvalue weighted by molar-refractivity contribution is -0.189. The fourth-order valence-electron chi connectivity index (χ4n) is 4.27. The summed E-state index contributed by atoms with van der Waals surface area (Å²) in [5.74, 6) is -12.5. The van der Waals surface area contributed by atoms with Gasteiger partial charge in [0.1, 0.15) is 51.8 Å². The van der Waals surface area contributed by atoms with Crippen molar-refractivity contribution in [1.29, 1.82) is 0 Å². The molecule has 0 radical (unpaired) electrons. The molecule has 1 aliphatic heterocycles. The van der Waals surface area contributed by atoms with Gasteiger partial charge in [-0.25, -0.2) is 26.3 Å². The zero-order valence-electron chi connectivity index (χ0n) is 19.7. The largest absolute Gasteiger partial charge is 0.432 e. The number of hydrogen-bond donors (Lipinski definition) is 0. The summed E-state index contributed by atoms with van der Waals surface area (Å²) in [6, 6.07) is 1.68. The number of hydrogen-bond acceptors (Lipinski definition) is 2. The molecule has 0 aliphatic carbocycles. The molecule has 39 heavy (non-hydrogen) atoms. The SMILES string of the molecule is CC1CC[C@@H](c2cc(F)c(-c3cc(F)c(C(F)(F)Oc4cc(F)c(C(F)(F)F)c(F)c4)c(F)c3)c(F)c2)OC1. The standard InChI is InChI=1S/C26H17F11O2/c1-11-2-3-21(38-10-11)12-4-15(27)22(16(28)5-12)13-6-17(29)24(18(30)7-13)26(36,37)39-14-8-19(31)23(20(32)9-14)25(33,34)35/h4-9,11,21H,2-3,10H2,1H3/t11?,21-/m0/s1. The van der Waals surface area contributed by atoms with Crippen molar-refractivity contribution >= 4 is 0 Å². The third-order valence-corrected chi connectivity index (χ3v) is 6.11. The van der Waals surface area contributed by atoms with E-state index in [0.717, 1.165) is 18.6 Å². The average molecular weight is 570 g/mol. The van der Waals surface area contributed by atoms with Crippen molar-refractivity contribution in [1.82, 2.24) is 0 Å². The number of halogens is 11. The van der Waals surface area contributed by atoms with Crippen LogP contribution in [0.25, 0.3) is 11.1 Å². The molecule has 1 unspecified atom stereocenters. The Labute approximate surface area is 214 Å². The molecule has 0 N–H and O–H groups in total. The van der Waals surface area contributed by atoms with Gasteiger partial charge in [-0.15, -0.1) is 0 Å². The second-order valence-electron chi connectivity index (χ2n) is 9.06. The second kappa shape index (κ2) is 10.3. The van der Waals surface area contributed by atoms with Crippen molar-refractivity contribution in [3.63, 3.8) is 0 Å². The highest BCUT2D eigenvalue weighted by atomic mass is 19.4. The molecular weight excluding hydrogens is 553 g/mol. The first-order valence-corrected chi connectivity index (χ1v) is 11.3. The van der Waals surface area contributed by atoms with Crippen LogP contribution < -0.4 is 4.74 Å². The van der Waals surface area contributed by atoms with Crippen molar-refractivity contribution in [3.05, 3.63) is 88.0 Å². The molecule has 0 saturated carbocycles. The van der Waals surface area contributed by atoms with E-state index in [1.54, 1.807) is 0 Å². The van der Waals surface area contributed by atoms with Gasteiger partial charge in [0.05, 0.1) is 11.7 Å². The Morgan fingerprint density at radius 2 is 1.21 bits per heavy atom. The van der Waals surface area contributed by atoms with Crippen molar-refractivity contribution < 1.29 is 57.8 Å². The Kier molecular flexibility index (Phi) is 7.58. The van der Waals surface area contributed by atoms with Gasteiger partial charge in [0.2, 0.25) is 0 Å². The van der Waals surface area contributed by atoms with E-state index in [9.17, 15) is 48.3 Å². The fourth-order valence-corrected chi connectivity index (χ4v) is 4.27. The second-order valence-corrected chi connectivity index (χ2v) is 9.06. The lowest BCUT2D eigenvalue weighted by atomic mass is 9.93. The van der Waals surface area contributed by atoms with Gasteiger partial charge in [0.15, 0.2) is 0 Å². The van der Waals surface area contributed by atoms with Crippen LogP contribution in [0.5, 0.6) is 5.75 Å². The normalized spacial score (nSPS) is 18.4. The first-order valence-electron chi connectivity index (χ1n) is 11.3. The summed E-state index contributed by atoms with van der Waals surface area (Å²) < 4.78 is 163. The van der Waals surface area contributed by atoms with Gasteiger partial charge >= 0.3 is 12.3 Å². The molecule has 0 amide bonds. The van der Waals surface area contributed by atoms with E-state index in [1.165, 1.54) is 0 Å². The lowest BCUT2D eigenvalue weighted by Gasteiger charge is -2.27. The van der Waals surface area contributed by atoms with Gasteiger partial charge in [-0.1, -0.05) is 6.92 Å². The van der Waals surface area contributed by atoms with E-state index in [2.05, 4.69) is 4.74 Å². The van der Waals surface area contributed by atoms with E-state index >= 15 is 0 Å². The number of benzene rings is 3. The summed E-state index contributed by atoms with van der Waals surface area (Å²) in [4.78, 5) is 0. The first kappa shape index (κ1) is 28.7.